The van der Waals surface area contributed by atoms with Crippen LogP contribution in [0.15, 0.2) is 48.7 Å². The molecule has 0 fully saturated rings. The number of pyridine rings is 1. The smallest absolute Gasteiger partial charge is 0.354 e. The number of H-pyrrole nitrogens is 1. The highest BCUT2D eigenvalue weighted by atomic mass is 16.5. The first-order chi connectivity index (χ1) is 13.1. The second-order valence-electron chi connectivity index (χ2n) is 6.36. The van der Waals surface area contributed by atoms with Gasteiger partial charge in [0.1, 0.15) is 11.5 Å². The van der Waals surface area contributed by atoms with Crippen molar-refractivity contribution in [2.24, 2.45) is 0 Å². The molecule has 27 heavy (non-hydrogen) atoms. The number of carboxylic acid groups (broad SMARTS) is 1. The van der Waals surface area contributed by atoms with Gasteiger partial charge < -0.3 is 19.6 Å². The molecule has 0 atom stereocenters. The number of aromatic amines is 1. The Morgan fingerprint density at radius 2 is 1.96 bits per heavy atom. The van der Waals surface area contributed by atoms with E-state index in [0.29, 0.717) is 11.3 Å². The number of nitrogens with one attached hydrogen (secondary N) is 1. The number of carboxylic acids is 1. The van der Waals surface area contributed by atoms with Crippen molar-refractivity contribution in [1.29, 1.82) is 0 Å². The van der Waals surface area contributed by atoms with Gasteiger partial charge in [-0.15, -0.1) is 0 Å². The fraction of sp³-hybridized carbons (Fsp3) is 0.143. The summed E-state index contributed by atoms with van der Waals surface area (Å²) in [5.74, 6) is 0.343. The molecule has 0 aliphatic carbocycles. The van der Waals surface area contributed by atoms with E-state index in [1.54, 1.807) is 6.20 Å². The lowest BCUT2D eigenvalue weighted by atomic mass is 10.1. The van der Waals surface area contributed by atoms with E-state index in [9.17, 15) is 9.90 Å². The van der Waals surface area contributed by atoms with Crippen LogP contribution in [0.4, 0.5) is 0 Å². The molecule has 6 heteroatoms. The Bertz CT molecular complexity index is 1160. The molecule has 2 aromatic heterocycles. The number of carbonyl (C=O) groups is 1. The maximum absolute atomic E-state index is 11.6. The number of rotatable bonds is 5. The van der Waals surface area contributed by atoms with Crippen molar-refractivity contribution in [3.8, 4) is 11.5 Å². The van der Waals surface area contributed by atoms with Crippen LogP contribution in [0.5, 0.6) is 11.5 Å². The Morgan fingerprint density at radius 1 is 1.15 bits per heavy atom. The molecular formula is C21H18N2O4. The summed E-state index contributed by atoms with van der Waals surface area (Å²) in [6.07, 6.45) is 1.54. The SMILES string of the molecule is COCc1c(C(=O)O)ncc2[nH]c3ccc(Oc4cccc(C)c4)cc3c12. The van der Waals surface area contributed by atoms with Crippen molar-refractivity contribution < 1.29 is 19.4 Å². The van der Waals surface area contributed by atoms with Crippen LogP contribution in [0, 0.1) is 6.92 Å². The molecule has 0 unspecified atom stereocenters. The standard InChI is InChI=1S/C21H18N2O4/c1-12-4-3-5-13(8-12)27-14-6-7-17-15(9-14)19-16(11-26-2)20(21(24)25)22-10-18(19)23-17/h3-10,23H,11H2,1-2H3,(H,24,25). The number of aromatic carboxylic acids is 1. The minimum absolute atomic E-state index is 0.00439. The topological polar surface area (TPSA) is 84.4 Å². The highest BCUT2D eigenvalue weighted by Gasteiger charge is 2.19. The zero-order valence-electron chi connectivity index (χ0n) is 14.9. The minimum Gasteiger partial charge on any atom is -0.477 e. The summed E-state index contributed by atoms with van der Waals surface area (Å²) in [6.45, 7) is 2.16. The van der Waals surface area contributed by atoms with Crippen molar-refractivity contribution in [2.45, 2.75) is 13.5 Å². The Hall–Kier alpha value is -3.38. The molecule has 0 bridgehead atoms. The van der Waals surface area contributed by atoms with Crippen LogP contribution in [0.2, 0.25) is 0 Å². The molecule has 0 radical (unpaired) electrons. The van der Waals surface area contributed by atoms with E-state index in [1.807, 2.05) is 49.4 Å². The Kier molecular flexibility index (Phi) is 4.25. The summed E-state index contributed by atoms with van der Waals surface area (Å²) in [7, 11) is 1.53. The van der Waals surface area contributed by atoms with Gasteiger partial charge in [0.25, 0.3) is 0 Å². The Balaban J connectivity index is 1.89. The van der Waals surface area contributed by atoms with Gasteiger partial charge in [-0.05, 0) is 42.8 Å². The lowest BCUT2D eigenvalue weighted by molar-refractivity contribution is 0.0685. The zero-order valence-corrected chi connectivity index (χ0v) is 14.9. The van der Waals surface area contributed by atoms with Gasteiger partial charge in [-0.3, -0.25) is 0 Å². The zero-order chi connectivity index (χ0) is 19.0. The van der Waals surface area contributed by atoms with Gasteiger partial charge in [0, 0.05) is 29.0 Å². The van der Waals surface area contributed by atoms with Crippen molar-refractivity contribution >= 4 is 27.8 Å². The highest BCUT2D eigenvalue weighted by molar-refractivity contribution is 6.11. The van der Waals surface area contributed by atoms with Gasteiger partial charge in [-0.1, -0.05) is 12.1 Å². The normalized spacial score (nSPS) is 11.2. The average Bonchev–Trinajstić information content (AvgIpc) is 3.00. The lowest BCUT2D eigenvalue weighted by Gasteiger charge is -2.08. The molecule has 0 saturated heterocycles. The average molecular weight is 362 g/mol. The van der Waals surface area contributed by atoms with Crippen LogP contribution in [0.1, 0.15) is 21.6 Å². The highest BCUT2D eigenvalue weighted by Crippen LogP contribution is 2.33. The first-order valence-electron chi connectivity index (χ1n) is 8.47. The van der Waals surface area contributed by atoms with E-state index in [2.05, 4.69) is 9.97 Å². The van der Waals surface area contributed by atoms with Gasteiger partial charge in [-0.2, -0.15) is 0 Å². The van der Waals surface area contributed by atoms with Gasteiger partial charge in [0.05, 0.1) is 18.3 Å². The molecule has 0 amide bonds. The number of aryl methyl sites for hydroxylation is 1. The van der Waals surface area contributed by atoms with Crippen molar-refractivity contribution in [3.63, 3.8) is 0 Å². The summed E-state index contributed by atoms with van der Waals surface area (Å²) in [5, 5.41) is 11.1. The third-order valence-electron chi connectivity index (χ3n) is 4.43. The second-order valence-corrected chi connectivity index (χ2v) is 6.36. The fourth-order valence-electron chi connectivity index (χ4n) is 3.29. The van der Waals surface area contributed by atoms with Crippen molar-refractivity contribution in [2.75, 3.05) is 7.11 Å². The van der Waals surface area contributed by atoms with Crippen LogP contribution in [-0.2, 0) is 11.3 Å². The number of hydrogen-bond acceptors (Lipinski definition) is 4. The van der Waals surface area contributed by atoms with Crippen LogP contribution in [0.25, 0.3) is 21.8 Å². The number of fused-ring (bicyclic) bond motifs is 3. The van der Waals surface area contributed by atoms with Gasteiger partial charge in [0.15, 0.2) is 5.69 Å². The maximum atomic E-state index is 11.6. The summed E-state index contributed by atoms with van der Waals surface area (Å²) < 4.78 is 11.2. The molecule has 2 N–H and O–H groups in total. The third-order valence-corrected chi connectivity index (χ3v) is 4.43. The molecule has 4 rings (SSSR count). The molecule has 136 valence electrons. The molecule has 0 aliphatic rings. The molecule has 6 nitrogen and oxygen atoms in total. The molecule has 0 aliphatic heterocycles. The number of benzene rings is 2. The Labute approximate surface area is 155 Å². The second kappa shape index (κ2) is 6.74. The first-order valence-corrected chi connectivity index (χ1v) is 8.47. The van der Waals surface area contributed by atoms with Crippen molar-refractivity contribution in [1.82, 2.24) is 9.97 Å². The summed E-state index contributed by atoms with van der Waals surface area (Å²) in [4.78, 5) is 18.9. The third kappa shape index (κ3) is 3.11. The van der Waals surface area contributed by atoms with Crippen LogP contribution in [-0.4, -0.2) is 28.2 Å². The van der Waals surface area contributed by atoms with E-state index >= 15 is 0 Å². The summed E-state index contributed by atoms with van der Waals surface area (Å²) in [5.41, 5.74) is 3.29. The fourth-order valence-corrected chi connectivity index (χ4v) is 3.29. The van der Waals surface area contributed by atoms with Gasteiger partial charge in [-0.25, -0.2) is 9.78 Å². The molecule has 0 spiro atoms. The van der Waals surface area contributed by atoms with Gasteiger partial charge in [0.2, 0.25) is 0 Å². The van der Waals surface area contributed by atoms with E-state index < -0.39 is 5.97 Å². The number of methoxy groups -OCH3 is 1. The number of hydrogen-bond donors (Lipinski definition) is 2. The maximum Gasteiger partial charge on any atom is 0.354 e. The largest absolute Gasteiger partial charge is 0.477 e. The summed E-state index contributed by atoms with van der Waals surface area (Å²) in [6, 6.07) is 13.5. The van der Waals surface area contributed by atoms with E-state index in [1.165, 1.54) is 7.11 Å². The minimum atomic E-state index is -1.08. The predicted molar refractivity (Wildman–Crippen MR) is 103 cm³/mol. The molecular weight excluding hydrogens is 344 g/mol. The van der Waals surface area contributed by atoms with Gasteiger partial charge >= 0.3 is 5.97 Å². The molecule has 2 aromatic carbocycles. The quantitative estimate of drug-likeness (QED) is 0.539. The van der Waals surface area contributed by atoms with Crippen LogP contribution >= 0.6 is 0 Å². The summed E-state index contributed by atoms with van der Waals surface area (Å²) >= 11 is 0. The molecule has 2 heterocycles. The Morgan fingerprint density at radius 3 is 2.70 bits per heavy atom. The van der Waals surface area contributed by atoms with Crippen LogP contribution in [0.3, 0.4) is 0 Å². The van der Waals surface area contributed by atoms with Crippen LogP contribution < -0.4 is 4.74 Å². The molecule has 0 saturated carbocycles. The molecule has 4 aromatic rings. The first kappa shape index (κ1) is 17.1. The van der Waals surface area contributed by atoms with E-state index in [4.69, 9.17) is 9.47 Å². The lowest BCUT2D eigenvalue weighted by Crippen LogP contribution is -2.07. The van der Waals surface area contributed by atoms with Crippen molar-refractivity contribution in [3.05, 3.63) is 65.5 Å². The number of nitrogens with zero attached hydrogens (tertiary/aromatic N) is 1. The predicted octanol–water partition coefficient (Wildman–Crippen LogP) is 4.66. The van der Waals surface area contributed by atoms with E-state index in [-0.39, 0.29) is 12.3 Å². The monoisotopic (exact) mass is 362 g/mol. The number of aromatic nitrogens is 2. The van der Waals surface area contributed by atoms with E-state index in [0.717, 1.165) is 33.1 Å². The number of ether oxygens (including phenoxy) is 2.